The molecule has 0 aliphatic heterocycles. The number of carbonyl (C=O) groups excluding carboxylic acids is 1. The maximum absolute atomic E-state index is 11.8. The van der Waals surface area contributed by atoms with E-state index in [0.29, 0.717) is 10.2 Å². The number of aliphatic hydroxyl groups is 1. The van der Waals surface area contributed by atoms with Crippen LogP contribution in [0.4, 0.5) is 0 Å². The highest BCUT2D eigenvalue weighted by Crippen LogP contribution is 2.09. The van der Waals surface area contributed by atoms with E-state index in [1.165, 1.54) is 11.1 Å². The molecule has 1 aromatic heterocycles. The molecule has 0 spiro atoms. The van der Waals surface area contributed by atoms with Crippen molar-refractivity contribution in [1.82, 2.24) is 9.88 Å². The van der Waals surface area contributed by atoms with Gasteiger partial charge in [0.25, 0.3) is 5.91 Å². The highest BCUT2D eigenvalue weighted by molar-refractivity contribution is 9.10. The second-order valence-electron chi connectivity index (χ2n) is 3.32. The van der Waals surface area contributed by atoms with E-state index in [4.69, 9.17) is 5.11 Å². The van der Waals surface area contributed by atoms with E-state index in [1.807, 2.05) is 0 Å². The fourth-order valence-electron chi connectivity index (χ4n) is 1.03. The third-order valence-corrected chi connectivity index (χ3v) is 2.69. The monoisotopic (exact) mass is 272 g/mol. The van der Waals surface area contributed by atoms with Crippen molar-refractivity contribution in [3.05, 3.63) is 28.5 Å². The predicted octanol–water partition coefficient (Wildman–Crippen LogP) is 1.30. The molecule has 0 aliphatic rings. The van der Waals surface area contributed by atoms with E-state index >= 15 is 0 Å². The van der Waals surface area contributed by atoms with Crippen LogP contribution < -0.4 is 0 Å². The highest BCUT2D eigenvalue weighted by Gasteiger charge is 2.16. The summed E-state index contributed by atoms with van der Waals surface area (Å²) in [6.45, 7) is 1.73. The van der Waals surface area contributed by atoms with Gasteiger partial charge in [-0.25, -0.2) is 4.98 Å². The van der Waals surface area contributed by atoms with E-state index < -0.39 is 0 Å². The van der Waals surface area contributed by atoms with Crippen LogP contribution >= 0.6 is 15.9 Å². The molecule has 0 aromatic carbocycles. The number of halogens is 1. The van der Waals surface area contributed by atoms with Gasteiger partial charge in [0.15, 0.2) is 0 Å². The number of carbonyl (C=O) groups is 1. The minimum atomic E-state index is -0.193. The second-order valence-corrected chi connectivity index (χ2v) is 4.13. The lowest BCUT2D eigenvalue weighted by atomic mass is 10.2. The molecule has 0 aliphatic carbocycles. The van der Waals surface area contributed by atoms with Gasteiger partial charge < -0.3 is 10.0 Å². The van der Waals surface area contributed by atoms with Gasteiger partial charge in [-0.2, -0.15) is 0 Å². The number of hydrogen-bond acceptors (Lipinski definition) is 3. The molecule has 15 heavy (non-hydrogen) atoms. The molecule has 1 heterocycles. The van der Waals surface area contributed by atoms with Crippen molar-refractivity contribution in [3.8, 4) is 0 Å². The van der Waals surface area contributed by atoms with Crippen LogP contribution in [-0.2, 0) is 0 Å². The predicted molar refractivity (Wildman–Crippen MR) is 60.6 cm³/mol. The van der Waals surface area contributed by atoms with Crippen LogP contribution in [0.15, 0.2) is 22.9 Å². The van der Waals surface area contributed by atoms with Crippen molar-refractivity contribution < 1.29 is 9.90 Å². The first kappa shape index (κ1) is 12.1. The summed E-state index contributed by atoms with van der Waals surface area (Å²) in [5.41, 5.74) is 0.515. The molecule has 82 valence electrons. The van der Waals surface area contributed by atoms with Crippen LogP contribution in [0, 0.1) is 0 Å². The van der Waals surface area contributed by atoms with Crippen molar-refractivity contribution >= 4 is 21.8 Å². The average molecular weight is 273 g/mol. The van der Waals surface area contributed by atoms with Gasteiger partial charge >= 0.3 is 0 Å². The maximum atomic E-state index is 11.8. The summed E-state index contributed by atoms with van der Waals surface area (Å²) in [5.74, 6) is -0.142. The number of aromatic nitrogens is 1. The van der Waals surface area contributed by atoms with Gasteiger partial charge in [-0.3, -0.25) is 4.79 Å². The summed E-state index contributed by atoms with van der Waals surface area (Å²) in [7, 11) is 1.66. The van der Waals surface area contributed by atoms with Crippen LogP contribution in [0.5, 0.6) is 0 Å². The van der Waals surface area contributed by atoms with Gasteiger partial charge in [-0.1, -0.05) is 0 Å². The minimum Gasteiger partial charge on any atom is -0.394 e. The Morgan fingerprint density at radius 1 is 1.67 bits per heavy atom. The zero-order chi connectivity index (χ0) is 11.4. The van der Waals surface area contributed by atoms with E-state index in [-0.39, 0.29) is 18.6 Å². The number of aliphatic hydroxyl groups excluding tert-OH is 1. The summed E-state index contributed by atoms with van der Waals surface area (Å²) < 4.78 is 0.692. The standard InChI is InChI=1S/C10H13BrN2O2/c1-7(6-14)13(2)10(15)8-3-4-9(11)12-5-8/h3-5,7,14H,6H2,1-2H3. The summed E-state index contributed by atoms with van der Waals surface area (Å²) in [6, 6.07) is 3.21. The zero-order valence-electron chi connectivity index (χ0n) is 8.64. The van der Waals surface area contributed by atoms with Gasteiger partial charge in [-0.05, 0) is 35.0 Å². The van der Waals surface area contributed by atoms with Crippen LogP contribution in [0.1, 0.15) is 17.3 Å². The Bertz CT molecular complexity index is 340. The molecule has 0 saturated carbocycles. The molecule has 5 heteroatoms. The fourth-order valence-corrected chi connectivity index (χ4v) is 1.26. The number of hydrogen-bond donors (Lipinski definition) is 1. The number of nitrogens with zero attached hydrogens (tertiary/aromatic N) is 2. The van der Waals surface area contributed by atoms with Gasteiger partial charge in [-0.15, -0.1) is 0 Å². The van der Waals surface area contributed by atoms with Gasteiger partial charge in [0.1, 0.15) is 4.60 Å². The largest absolute Gasteiger partial charge is 0.394 e. The fraction of sp³-hybridized carbons (Fsp3) is 0.400. The Balaban J connectivity index is 2.80. The van der Waals surface area contributed by atoms with E-state index in [1.54, 1.807) is 26.1 Å². The minimum absolute atomic E-state index is 0.0494. The molecule has 0 saturated heterocycles. The molecular formula is C10H13BrN2O2. The van der Waals surface area contributed by atoms with E-state index in [0.717, 1.165) is 0 Å². The summed E-state index contributed by atoms with van der Waals surface area (Å²) in [6.07, 6.45) is 1.51. The number of pyridine rings is 1. The van der Waals surface area contributed by atoms with Crippen molar-refractivity contribution in [2.24, 2.45) is 0 Å². The van der Waals surface area contributed by atoms with E-state index in [9.17, 15) is 4.79 Å². The quantitative estimate of drug-likeness (QED) is 0.844. The number of amides is 1. The van der Waals surface area contributed by atoms with Crippen molar-refractivity contribution in [3.63, 3.8) is 0 Å². The first-order chi connectivity index (χ1) is 7.06. The topological polar surface area (TPSA) is 53.4 Å². The second kappa shape index (κ2) is 5.23. The smallest absolute Gasteiger partial charge is 0.255 e. The molecule has 0 fully saturated rings. The summed E-state index contributed by atoms with van der Waals surface area (Å²) >= 11 is 3.20. The average Bonchev–Trinajstić information content (AvgIpc) is 2.27. The van der Waals surface area contributed by atoms with Gasteiger partial charge in [0, 0.05) is 13.2 Å². The molecule has 0 radical (unpaired) electrons. The molecular weight excluding hydrogens is 260 g/mol. The lowest BCUT2D eigenvalue weighted by Crippen LogP contribution is -2.37. The summed E-state index contributed by atoms with van der Waals surface area (Å²) in [5, 5.41) is 8.93. The Morgan fingerprint density at radius 2 is 2.33 bits per heavy atom. The van der Waals surface area contributed by atoms with Crippen molar-refractivity contribution in [1.29, 1.82) is 0 Å². The van der Waals surface area contributed by atoms with Crippen LogP contribution in [-0.4, -0.2) is 40.6 Å². The van der Waals surface area contributed by atoms with Crippen LogP contribution in [0.3, 0.4) is 0 Å². The molecule has 1 N–H and O–H groups in total. The number of rotatable bonds is 3. The van der Waals surface area contributed by atoms with Crippen molar-refractivity contribution in [2.45, 2.75) is 13.0 Å². The first-order valence-electron chi connectivity index (χ1n) is 4.56. The van der Waals surface area contributed by atoms with Crippen LogP contribution in [0.25, 0.3) is 0 Å². The van der Waals surface area contributed by atoms with E-state index in [2.05, 4.69) is 20.9 Å². The van der Waals surface area contributed by atoms with Crippen LogP contribution in [0.2, 0.25) is 0 Å². The Hall–Kier alpha value is -0.940. The van der Waals surface area contributed by atoms with Crippen molar-refractivity contribution in [2.75, 3.05) is 13.7 Å². The number of likely N-dealkylation sites (N-methyl/N-ethyl adjacent to an activating group) is 1. The molecule has 1 unspecified atom stereocenters. The lowest BCUT2D eigenvalue weighted by Gasteiger charge is -2.22. The third kappa shape index (κ3) is 3.00. The normalized spacial score (nSPS) is 12.3. The molecule has 1 atom stereocenters. The molecule has 1 amide bonds. The maximum Gasteiger partial charge on any atom is 0.255 e. The highest BCUT2D eigenvalue weighted by atomic mass is 79.9. The molecule has 1 rings (SSSR count). The molecule has 0 bridgehead atoms. The Labute approximate surface area is 97.1 Å². The Kier molecular flexibility index (Phi) is 4.23. The summed E-state index contributed by atoms with van der Waals surface area (Å²) in [4.78, 5) is 17.3. The SMILES string of the molecule is CC(CO)N(C)C(=O)c1ccc(Br)nc1. The molecule has 4 nitrogen and oxygen atoms in total. The Morgan fingerprint density at radius 3 is 2.80 bits per heavy atom. The van der Waals surface area contributed by atoms with Gasteiger partial charge in [0.2, 0.25) is 0 Å². The lowest BCUT2D eigenvalue weighted by molar-refractivity contribution is 0.0682. The third-order valence-electron chi connectivity index (χ3n) is 2.22. The molecule has 1 aromatic rings. The zero-order valence-corrected chi connectivity index (χ0v) is 10.2. The first-order valence-corrected chi connectivity index (χ1v) is 5.35. The van der Waals surface area contributed by atoms with Gasteiger partial charge in [0.05, 0.1) is 18.2 Å².